The third kappa shape index (κ3) is 6.59. The average molecular weight is 549 g/mol. The van der Waals surface area contributed by atoms with E-state index in [1.54, 1.807) is 18.2 Å². The summed E-state index contributed by atoms with van der Waals surface area (Å²) in [5.41, 5.74) is 4.46. The maximum atomic E-state index is 13.4. The van der Waals surface area contributed by atoms with Gasteiger partial charge in [-0.05, 0) is 111 Å². The Bertz CT molecular complexity index is 1510. The lowest BCUT2D eigenvalue weighted by atomic mass is 9.59. The molecule has 4 aromatic rings. The summed E-state index contributed by atoms with van der Waals surface area (Å²) in [6.45, 7) is 9.75. The van der Waals surface area contributed by atoms with E-state index in [0.717, 1.165) is 52.6 Å². The van der Waals surface area contributed by atoms with E-state index in [0.29, 0.717) is 17.4 Å². The number of carbonyl (C=O) groups excluding carboxylic acids is 2. The highest BCUT2D eigenvalue weighted by atomic mass is 16.2. The maximum Gasteiger partial charge on any atom is 0.255 e. The van der Waals surface area contributed by atoms with Crippen LogP contribution in [0.2, 0.25) is 0 Å². The maximum absolute atomic E-state index is 13.4. The second-order valence-corrected chi connectivity index (χ2v) is 12.1. The molecule has 0 spiro atoms. The Kier molecular flexibility index (Phi) is 8.39. The third-order valence-corrected chi connectivity index (χ3v) is 8.36. The molecule has 2 aliphatic carbocycles. The van der Waals surface area contributed by atoms with Crippen LogP contribution in [0.4, 0.5) is 11.4 Å². The summed E-state index contributed by atoms with van der Waals surface area (Å²) in [5.74, 6) is 2.86. The van der Waals surface area contributed by atoms with Gasteiger partial charge >= 0.3 is 0 Å². The molecule has 3 N–H and O–H groups in total. The Hall–Kier alpha value is -4.19. The van der Waals surface area contributed by atoms with E-state index in [-0.39, 0.29) is 17.2 Å². The number of nitrogens with one attached hydrogen (secondary N) is 3. The van der Waals surface area contributed by atoms with Gasteiger partial charge in [0.2, 0.25) is 5.91 Å². The van der Waals surface area contributed by atoms with Crippen molar-refractivity contribution in [3.63, 3.8) is 0 Å². The van der Waals surface area contributed by atoms with Crippen molar-refractivity contribution in [2.45, 2.75) is 52.9 Å². The Morgan fingerprint density at radius 2 is 1.56 bits per heavy atom. The van der Waals surface area contributed by atoms with Crippen molar-refractivity contribution in [3.8, 4) is 11.4 Å². The van der Waals surface area contributed by atoms with Gasteiger partial charge < -0.3 is 15.6 Å². The minimum Gasteiger partial charge on any atom is -0.338 e. The fraction of sp³-hybridized carbons (Fsp3) is 0.343. The van der Waals surface area contributed by atoms with Gasteiger partial charge in [-0.15, -0.1) is 6.58 Å². The number of nitrogens with zero attached hydrogens (tertiary/aromatic N) is 1. The molecule has 6 heteroatoms. The number of hydrogen-bond donors (Lipinski definition) is 3. The van der Waals surface area contributed by atoms with E-state index in [9.17, 15) is 9.59 Å². The number of imidazole rings is 1. The summed E-state index contributed by atoms with van der Waals surface area (Å²) in [5, 5.41) is 6.13. The number of allylic oxidation sites excluding steroid dienone is 1. The lowest BCUT2D eigenvalue weighted by Crippen LogP contribution is -2.43. The van der Waals surface area contributed by atoms with E-state index < -0.39 is 0 Å². The first-order chi connectivity index (χ1) is 19.8. The van der Waals surface area contributed by atoms with Crippen molar-refractivity contribution in [1.82, 2.24) is 9.97 Å². The summed E-state index contributed by atoms with van der Waals surface area (Å²) < 4.78 is 0. The smallest absolute Gasteiger partial charge is 0.255 e. The number of anilines is 2. The fourth-order valence-corrected chi connectivity index (χ4v) is 6.78. The number of hydrogen-bond acceptors (Lipinski definition) is 3. The second kappa shape index (κ2) is 12.1. The van der Waals surface area contributed by atoms with Gasteiger partial charge in [0.15, 0.2) is 0 Å². The minimum atomic E-state index is -0.306. The van der Waals surface area contributed by atoms with Gasteiger partial charge in [-0.3, -0.25) is 9.59 Å². The molecule has 6 nitrogen and oxygen atoms in total. The normalized spacial score (nSPS) is 23.1. The van der Waals surface area contributed by atoms with Crippen molar-refractivity contribution >= 4 is 34.2 Å². The number of fused-ring (bicyclic) bond motifs is 3. The van der Waals surface area contributed by atoms with Gasteiger partial charge in [0.1, 0.15) is 5.82 Å². The van der Waals surface area contributed by atoms with Gasteiger partial charge in [0, 0.05) is 27.9 Å². The number of H-pyrrole nitrogens is 1. The molecule has 0 aliphatic heterocycles. The molecule has 2 atom stereocenters. The molecule has 2 fully saturated rings. The zero-order valence-electron chi connectivity index (χ0n) is 24.2. The SMILES string of the molecule is C=CC.CC1CC2CC(C1)CC(C)(C(=O)Nc1ccc3nc(-c4ccc(NC(=O)c5ccccc5)cc4)[nH]c3c1)C2. The average Bonchev–Trinajstić information content (AvgIpc) is 3.37. The molecular weight excluding hydrogens is 508 g/mol. The molecule has 2 unspecified atom stereocenters. The first kappa shape index (κ1) is 28.3. The summed E-state index contributed by atoms with van der Waals surface area (Å²) >= 11 is 0. The van der Waals surface area contributed by atoms with Gasteiger partial charge in [0.25, 0.3) is 5.91 Å². The van der Waals surface area contributed by atoms with Crippen LogP contribution >= 0.6 is 0 Å². The molecule has 0 saturated heterocycles. The van der Waals surface area contributed by atoms with Crippen LogP contribution < -0.4 is 10.6 Å². The number of carbonyl (C=O) groups is 2. The number of benzene rings is 3. The first-order valence-corrected chi connectivity index (χ1v) is 14.6. The van der Waals surface area contributed by atoms with Crippen LogP contribution in [0.3, 0.4) is 0 Å². The number of rotatable bonds is 5. The van der Waals surface area contributed by atoms with E-state index in [4.69, 9.17) is 4.98 Å². The first-order valence-electron chi connectivity index (χ1n) is 14.6. The monoisotopic (exact) mass is 548 g/mol. The zero-order valence-corrected chi connectivity index (χ0v) is 24.2. The largest absolute Gasteiger partial charge is 0.338 e. The molecule has 41 heavy (non-hydrogen) atoms. The van der Waals surface area contributed by atoms with Crippen molar-refractivity contribution in [1.29, 1.82) is 0 Å². The van der Waals surface area contributed by atoms with E-state index in [2.05, 4.69) is 36.0 Å². The molecule has 6 rings (SSSR count). The van der Waals surface area contributed by atoms with Crippen molar-refractivity contribution < 1.29 is 9.59 Å². The van der Waals surface area contributed by atoms with Crippen molar-refractivity contribution in [2.75, 3.05) is 10.6 Å². The Balaban J connectivity index is 0.00000108. The van der Waals surface area contributed by atoms with Crippen molar-refractivity contribution in [2.24, 2.45) is 23.2 Å². The topological polar surface area (TPSA) is 86.9 Å². The molecule has 3 aromatic carbocycles. The van der Waals surface area contributed by atoms with Gasteiger partial charge in [-0.2, -0.15) is 0 Å². The molecule has 1 aromatic heterocycles. The van der Waals surface area contributed by atoms with Crippen LogP contribution in [0.25, 0.3) is 22.4 Å². The van der Waals surface area contributed by atoms with Gasteiger partial charge in [-0.25, -0.2) is 4.98 Å². The second-order valence-electron chi connectivity index (χ2n) is 12.1. The van der Waals surface area contributed by atoms with Crippen LogP contribution in [0, 0.1) is 23.2 Å². The third-order valence-electron chi connectivity index (χ3n) is 8.36. The lowest BCUT2D eigenvalue weighted by molar-refractivity contribution is -0.129. The zero-order chi connectivity index (χ0) is 29.0. The fourth-order valence-electron chi connectivity index (χ4n) is 6.78. The van der Waals surface area contributed by atoms with Crippen LogP contribution in [-0.2, 0) is 4.79 Å². The summed E-state index contributed by atoms with van der Waals surface area (Å²) in [7, 11) is 0. The lowest BCUT2D eigenvalue weighted by Gasteiger charge is -2.46. The molecule has 2 saturated carbocycles. The number of aromatic nitrogens is 2. The Labute approximate surface area is 242 Å². The quantitative estimate of drug-likeness (QED) is 0.219. The molecule has 212 valence electrons. The highest BCUT2D eigenvalue weighted by Crippen LogP contribution is 2.50. The highest BCUT2D eigenvalue weighted by molar-refractivity contribution is 6.04. The summed E-state index contributed by atoms with van der Waals surface area (Å²) in [6.07, 6.45) is 7.51. The molecule has 2 aliphatic rings. The molecule has 2 bridgehead atoms. The summed E-state index contributed by atoms with van der Waals surface area (Å²) in [6, 6.07) is 22.6. The van der Waals surface area contributed by atoms with E-state index in [1.165, 1.54) is 19.3 Å². The Morgan fingerprint density at radius 1 is 0.927 bits per heavy atom. The van der Waals surface area contributed by atoms with Crippen LogP contribution in [0.5, 0.6) is 0 Å². The molecule has 2 amide bonds. The Morgan fingerprint density at radius 3 is 2.22 bits per heavy atom. The molecule has 1 heterocycles. The summed E-state index contributed by atoms with van der Waals surface area (Å²) in [4.78, 5) is 33.9. The van der Waals surface area contributed by atoms with E-state index >= 15 is 0 Å². The van der Waals surface area contributed by atoms with Crippen LogP contribution in [0.1, 0.15) is 63.2 Å². The molecular formula is C35H40N4O2. The van der Waals surface area contributed by atoms with E-state index in [1.807, 2.05) is 67.6 Å². The predicted molar refractivity (Wildman–Crippen MR) is 168 cm³/mol. The van der Waals surface area contributed by atoms with Gasteiger partial charge in [-0.1, -0.05) is 38.1 Å². The number of amides is 2. The number of aromatic amines is 1. The predicted octanol–water partition coefficient (Wildman–Crippen LogP) is 8.47. The highest BCUT2D eigenvalue weighted by Gasteiger charge is 2.45. The standard InChI is InChI=1S/C32H34N4O2.C3H6/c1-20-14-21-16-22(15-20)19-32(2,18-21)31(38)34-26-12-13-27-28(17-26)36-29(35-27)23-8-10-25(11-9-23)33-30(37)24-6-4-3-5-7-24;1-3-2/h3-13,17,20-22H,14-16,18-19H2,1-2H3,(H,33,37)(H,34,38)(H,35,36);3H,1H2,2H3. The molecule has 0 radical (unpaired) electrons. The van der Waals surface area contributed by atoms with Gasteiger partial charge in [0.05, 0.1) is 11.0 Å². The van der Waals surface area contributed by atoms with Crippen LogP contribution in [0.15, 0.2) is 85.5 Å². The minimum absolute atomic E-state index is 0.133. The van der Waals surface area contributed by atoms with Crippen LogP contribution in [-0.4, -0.2) is 21.8 Å². The van der Waals surface area contributed by atoms with Crippen molar-refractivity contribution in [3.05, 3.63) is 91.0 Å².